The molecule has 7 fully saturated rings. The quantitative estimate of drug-likeness (QED) is 0.0127. The monoisotopic (exact) mass is 2010 g/mol. The van der Waals surface area contributed by atoms with E-state index in [1.54, 1.807) is 0 Å². The van der Waals surface area contributed by atoms with Gasteiger partial charge < -0.3 is 101 Å². The number of aliphatic hydroxyl groups is 2. The van der Waals surface area contributed by atoms with E-state index >= 15 is 0 Å². The Balaban J connectivity index is 0.651. The fourth-order valence-electron chi connectivity index (χ4n) is 15.2. The van der Waals surface area contributed by atoms with Crippen LogP contribution in [0.2, 0.25) is 0 Å². The largest absolute Gasteiger partial charge is 0.499 e. The highest BCUT2D eigenvalue weighted by Crippen LogP contribution is 2.57. The van der Waals surface area contributed by atoms with Crippen LogP contribution in [0.5, 0.6) is 0 Å². The van der Waals surface area contributed by atoms with Crippen molar-refractivity contribution in [3.63, 3.8) is 0 Å². The summed E-state index contributed by atoms with van der Waals surface area (Å²) in [5, 5.41) is 21.0. The van der Waals surface area contributed by atoms with Crippen LogP contribution >= 0.6 is 46.9 Å². The third-order valence-corrected chi connectivity index (χ3v) is 27.8. The Kier molecular flexibility index (Phi) is 30.4. The number of rotatable bonds is 38. The summed E-state index contributed by atoms with van der Waals surface area (Å²) in [5.41, 5.74) is 20.8. The Morgan fingerprint density at radius 3 is 0.932 bits per heavy atom. The number of phosphoric acid groups is 6. The maximum absolute atomic E-state index is 14.4. The van der Waals surface area contributed by atoms with E-state index in [4.69, 9.17) is 116 Å². The third-order valence-electron chi connectivity index (χ3n) is 21.7. The number of H-pyrrole nitrogens is 6. The molecule has 7 aliphatic heterocycles. The molecule has 0 saturated carbocycles. The molecule has 730 valence electrons. The molecule has 0 bridgehead atoms. The van der Waals surface area contributed by atoms with Crippen LogP contribution in [0, 0.1) is 20.8 Å². The van der Waals surface area contributed by atoms with Crippen molar-refractivity contribution in [3.05, 3.63) is 178 Å². The van der Waals surface area contributed by atoms with E-state index in [0.717, 1.165) is 56.8 Å². The number of hydrogen-bond acceptors (Lipinski definition) is 42. The standard InChI is InChI=1S/C66H89N19O42P6/c1-29-19-83(64(94)76-57(29)71)54-13-33(39(22-86)115-54)122-129(99,100)110-24-41-35(15-52(117-41)81-10-6-48(69)74-62(81)92)124-130(101,102)113-27-44-38(18-56(120-44)85-21-31(3)59(89)78-66(85)96)127-133(107,108)112-26-43-36(16-53(119-43)82-11-7-49(70)75-63(82)93)125-131(103,104)114-28-45-37(17-55(121-45)84-20-30(2)58(88)77-65(84)95)126-132(105,106)111-25-42-34(14-51(118-42)80-9-5-47(68)73-61(80)91)123-128(97,98)109-23-40-32(87)12-50(116-40)79-8-4-46(67)72-60(79)90/h4-11,19-21,32-45,50-56,86-87H,12-18,22-28H2,1-3H3,(H18,67,68,69,70,71,72,73,74,75,76,77,78,88,89,90,91,92,93,94,95,96,97,98,99,100,101,102,103,104,105,106,107,108)/p+4/t32-,33-,34-,35-,36-,37-,38-,39+,40+,41+,42+,43+,44+,45+,50+,51+,52+,53+,54+,55+,56+/m0/s1. The summed E-state index contributed by atoms with van der Waals surface area (Å²) < 4.78 is 198. The number of aryl methyl sites for hydroxylation is 3. The van der Waals surface area contributed by atoms with Crippen LogP contribution in [-0.4, -0.2) is 220 Å². The Bertz CT molecular complexity index is 6380. The van der Waals surface area contributed by atoms with E-state index in [1.165, 1.54) is 63.6 Å². The van der Waals surface area contributed by atoms with Gasteiger partial charge in [0, 0.05) is 104 Å². The van der Waals surface area contributed by atoms with Crippen molar-refractivity contribution in [1.82, 2.24) is 48.6 Å². The molecule has 7 aromatic rings. The number of nitrogen functional groups attached to an aromatic ring is 5. The number of aliphatic hydroxyl groups excluding tert-OH is 2. The lowest BCUT2D eigenvalue weighted by Crippen LogP contribution is -2.54. The number of nitrogens with two attached hydrogens (primary N) is 5. The smallest absolute Gasteiger partial charge is 0.394 e. The fraction of sp³-hybridized carbons (Fsp3) is 0.576. The molecular weight excluding hydrogens is 1920 g/mol. The Morgan fingerprint density at radius 2 is 0.624 bits per heavy atom. The molecule has 14 rings (SSSR count). The topological polar surface area (TPSA) is 861 Å². The molecule has 0 radical (unpaired) electrons. The number of nitrogens with one attached hydrogen (secondary N) is 6. The molecule has 67 heteroatoms. The normalized spacial score (nSPS) is 30.5. The van der Waals surface area contributed by atoms with E-state index in [9.17, 15) is 110 Å². The van der Waals surface area contributed by atoms with Gasteiger partial charge in [0.15, 0.2) is 23.3 Å². The van der Waals surface area contributed by atoms with Gasteiger partial charge in [-0.15, -0.1) is 0 Å². The number of phosphoric ester groups is 6. The molecule has 133 heavy (non-hydrogen) atoms. The first-order chi connectivity index (χ1) is 62.5. The predicted octanol–water partition coefficient (Wildman–Crippen LogP) is -5.74. The highest BCUT2D eigenvalue weighted by molar-refractivity contribution is 7.48. The van der Waals surface area contributed by atoms with Crippen molar-refractivity contribution >= 4 is 76.0 Å². The lowest BCUT2D eigenvalue weighted by atomic mass is 10.2. The zero-order chi connectivity index (χ0) is 96.0. The second kappa shape index (κ2) is 40.4. The van der Waals surface area contributed by atoms with Gasteiger partial charge in [-0.1, -0.05) is 0 Å². The van der Waals surface area contributed by atoms with Gasteiger partial charge in [0.25, 0.3) is 11.1 Å². The Labute approximate surface area is 742 Å². The first-order valence-electron chi connectivity index (χ1n) is 39.9. The average molecular weight is 2010 g/mol. The second-order valence-electron chi connectivity index (χ2n) is 31.1. The molecule has 6 unspecified atom stereocenters. The number of aromatic amines is 6. The van der Waals surface area contributed by atoms with Crippen molar-refractivity contribution in [3.8, 4) is 0 Å². The van der Waals surface area contributed by atoms with Gasteiger partial charge in [-0.25, -0.2) is 41.8 Å². The summed E-state index contributed by atoms with van der Waals surface area (Å²) in [7, 11) is -33.3. The van der Waals surface area contributed by atoms with Crippen molar-refractivity contribution in [2.24, 2.45) is 0 Å². The molecule has 0 amide bonds. The molecule has 24 N–H and O–H groups in total. The molecule has 7 aliphatic rings. The predicted molar refractivity (Wildman–Crippen MR) is 433 cm³/mol. The van der Waals surface area contributed by atoms with Crippen LogP contribution < -0.4 is 97.9 Å². The maximum Gasteiger partial charge on any atom is 0.499 e. The van der Waals surface area contributed by atoms with Crippen LogP contribution in [-0.2, 0) is 115 Å². The summed E-state index contributed by atoms with van der Waals surface area (Å²) in [4.78, 5) is 202. The zero-order valence-corrected chi connectivity index (χ0v) is 74.8. The van der Waals surface area contributed by atoms with Crippen LogP contribution in [0.3, 0.4) is 0 Å². The van der Waals surface area contributed by atoms with Crippen LogP contribution in [0.15, 0.2) is 111 Å². The Hall–Kier alpha value is -8.94. The minimum absolute atomic E-state index is 0.0144. The molecule has 7 aromatic heterocycles. The maximum atomic E-state index is 14.4. The number of hydrogen-bond donors (Lipinski definition) is 19. The van der Waals surface area contributed by atoms with Crippen LogP contribution in [0.4, 0.5) is 29.1 Å². The fourth-order valence-corrected chi connectivity index (χ4v) is 20.9. The zero-order valence-electron chi connectivity index (χ0n) is 69.5. The molecule has 0 aromatic carbocycles. The minimum atomic E-state index is -5.72. The van der Waals surface area contributed by atoms with Crippen LogP contribution in [0.25, 0.3) is 0 Å². The molecule has 14 heterocycles. The highest BCUT2D eigenvalue weighted by atomic mass is 31.2. The molecule has 7 saturated heterocycles. The van der Waals surface area contributed by atoms with E-state index in [0.29, 0.717) is 5.56 Å². The van der Waals surface area contributed by atoms with Gasteiger partial charge in [0.1, 0.15) is 129 Å². The summed E-state index contributed by atoms with van der Waals surface area (Å²) in [6.45, 7) is -3.24. The SMILES string of the molecule is Cc1cn([C@H]2C[C@H](OP(=O)(O)OC[C@H]3O[C@@H]([n+]4ccc(N)[nH]c4=O)C[C@@H]3OP(=O)(O)OC[C@H]3O[C@@H](n4cc(C)c(=O)[nH]c4=O)C[C@@H]3OP(=O)(O)OC[C@H]3O[C@@H]([n+]4ccc(N)[nH]c4=O)C[C@@H]3OP(=O)(O)OC[C@H]3O[C@@H](n4cc(C)c(=O)[nH]c4=O)C[C@@H]3OP(=O)(O)OC[C@H]3O[C@@H]([n+]4ccc(N)[nH]c4=O)C[C@@H]3OP(=O)(O)OC[C@H]3O[C@@H]([n+]4ccc(N)[nH]c4=O)C[C@@H]3O)[C@@H](CO)O2)c(=O)nc1N. The molecule has 0 spiro atoms. The van der Waals surface area contributed by atoms with E-state index in [1.807, 2.05) is 0 Å². The summed E-state index contributed by atoms with van der Waals surface area (Å²) in [6.07, 6.45) is -28.9. The van der Waals surface area contributed by atoms with Gasteiger partial charge in [0.05, 0.1) is 52.4 Å². The van der Waals surface area contributed by atoms with Gasteiger partial charge in [-0.2, -0.15) is 62.4 Å². The lowest BCUT2D eigenvalue weighted by Gasteiger charge is -2.26. The summed E-state index contributed by atoms with van der Waals surface area (Å²) in [6, 6.07) is 5.02. The van der Waals surface area contributed by atoms with Gasteiger partial charge in [-0.05, 0) is 20.8 Å². The van der Waals surface area contributed by atoms with E-state index in [2.05, 4.69) is 34.9 Å². The van der Waals surface area contributed by atoms with Crippen molar-refractivity contribution in [2.75, 3.05) is 74.9 Å². The van der Waals surface area contributed by atoms with Crippen molar-refractivity contribution in [1.29, 1.82) is 0 Å². The molecule has 61 nitrogen and oxygen atoms in total. The molecule has 0 aliphatic carbocycles. The molecular formula is C66H93N19O42P6+4. The highest BCUT2D eigenvalue weighted by Gasteiger charge is 2.54. The van der Waals surface area contributed by atoms with Gasteiger partial charge >= 0.3 is 86.8 Å². The number of ether oxygens (including phenoxy) is 7. The van der Waals surface area contributed by atoms with E-state index in [-0.39, 0.29) is 53.1 Å². The Morgan fingerprint density at radius 1 is 0.368 bits per heavy atom. The second-order valence-corrected chi connectivity index (χ2v) is 39.6. The minimum Gasteiger partial charge on any atom is -0.394 e. The number of nitrogens with zero attached hydrogens (tertiary/aromatic N) is 8. The lowest BCUT2D eigenvalue weighted by molar-refractivity contribution is -0.774. The van der Waals surface area contributed by atoms with Crippen LogP contribution in [0.1, 0.15) is 105 Å². The van der Waals surface area contributed by atoms with Crippen molar-refractivity contribution in [2.45, 2.75) is 195 Å². The van der Waals surface area contributed by atoms with Gasteiger partial charge in [-0.3, -0.25) is 87.5 Å². The average Bonchev–Trinajstić information content (AvgIpc) is 1.66. The van der Waals surface area contributed by atoms with Crippen molar-refractivity contribution < 1.29 is 173 Å². The van der Waals surface area contributed by atoms with E-state index < -0.39 is 305 Å². The first kappa shape index (κ1) is 100. The first-order valence-corrected chi connectivity index (χ1v) is 48.9. The summed E-state index contributed by atoms with van der Waals surface area (Å²) in [5.74, 6) is -0.443. The molecule has 27 atom stereocenters. The third kappa shape index (κ3) is 24.5. The number of aromatic nitrogens is 14. The number of anilines is 5. The van der Waals surface area contributed by atoms with Gasteiger partial charge in [0.2, 0.25) is 24.9 Å². The summed E-state index contributed by atoms with van der Waals surface area (Å²) >= 11 is 0.